The molecule has 0 saturated heterocycles. The molecule has 0 bridgehead atoms. The maximum absolute atomic E-state index is 11.7. The Morgan fingerprint density at radius 1 is 1.05 bits per heavy atom. The van der Waals surface area contributed by atoms with Gasteiger partial charge in [0.25, 0.3) is 0 Å². The van der Waals surface area contributed by atoms with E-state index in [0.717, 1.165) is 37.0 Å². The normalized spacial score (nSPS) is 53.5. The van der Waals surface area contributed by atoms with Gasteiger partial charge in [-0.05, 0) is 85.9 Å². The van der Waals surface area contributed by atoms with Gasteiger partial charge in [0.05, 0.1) is 5.92 Å². The van der Waals surface area contributed by atoms with Gasteiger partial charge in [0.1, 0.15) is 0 Å². The van der Waals surface area contributed by atoms with Crippen molar-refractivity contribution in [2.75, 3.05) is 0 Å². The van der Waals surface area contributed by atoms with Gasteiger partial charge in [0.15, 0.2) is 0 Å². The van der Waals surface area contributed by atoms with Gasteiger partial charge in [-0.3, -0.25) is 4.79 Å². The third-order valence-electron chi connectivity index (χ3n) is 8.42. The topological polar surface area (TPSA) is 37.3 Å². The number of carbonyl (C=O) groups is 1. The van der Waals surface area contributed by atoms with Crippen LogP contribution in [-0.4, -0.2) is 11.1 Å². The summed E-state index contributed by atoms with van der Waals surface area (Å²) in [5, 5.41) is 9.64. The molecule has 0 aromatic carbocycles. The molecule has 1 N–H and O–H groups in total. The maximum atomic E-state index is 11.7. The molecule has 1 unspecified atom stereocenters. The van der Waals surface area contributed by atoms with E-state index in [1.54, 1.807) is 0 Å². The molecule has 0 amide bonds. The second-order valence-electron chi connectivity index (χ2n) is 9.01. The maximum Gasteiger partial charge on any atom is 0.307 e. The van der Waals surface area contributed by atoms with Crippen LogP contribution in [0, 0.1) is 40.4 Å². The van der Waals surface area contributed by atoms with E-state index in [9.17, 15) is 9.90 Å². The van der Waals surface area contributed by atoms with Crippen molar-refractivity contribution in [3.63, 3.8) is 0 Å². The largest absolute Gasteiger partial charge is 0.481 e. The molecule has 2 heteroatoms. The molecule has 4 aliphatic carbocycles. The minimum atomic E-state index is -0.541. The highest BCUT2D eigenvalue weighted by Gasteiger charge is 2.60. The molecule has 4 aliphatic rings. The van der Waals surface area contributed by atoms with Crippen LogP contribution in [0.4, 0.5) is 0 Å². The highest BCUT2D eigenvalue weighted by Crippen LogP contribution is 2.66. The molecule has 0 radical (unpaired) electrons. The summed E-state index contributed by atoms with van der Waals surface area (Å²) in [6.07, 6.45) is 14.8. The van der Waals surface area contributed by atoms with E-state index in [1.165, 1.54) is 32.1 Å². The molecule has 2 nitrogen and oxygen atoms in total. The molecule has 0 spiro atoms. The number of hydrogen-bond acceptors (Lipinski definition) is 1. The van der Waals surface area contributed by atoms with Crippen LogP contribution in [0.1, 0.15) is 65.2 Å². The van der Waals surface area contributed by atoms with Crippen LogP contribution in [0.25, 0.3) is 0 Å². The zero-order valence-electron chi connectivity index (χ0n) is 14.1. The number of carboxylic acids is 1. The summed E-state index contributed by atoms with van der Waals surface area (Å²) in [6, 6.07) is 0. The first-order chi connectivity index (χ1) is 10.5. The second kappa shape index (κ2) is 4.85. The van der Waals surface area contributed by atoms with Crippen LogP contribution >= 0.6 is 0 Å². The molecule has 0 heterocycles. The summed E-state index contributed by atoms with van der Waals surface area (Å²) in [5.41, 5.74) is 0.457. The number of rotatable bonds is 1. The highest BCUT2D eigenvalue weighted by molar-refractivity contribution is 5.71. The lowest BCUT2D eigenvalue weighted by Gasteiger charge is -2.59. The molecular formula is C20H30O2. The van der Waals surface area contributed by atoms with E-state index < -0.39 is 5.97 Å². The Balaban J connectivity index is 1.66. The van der Waals surface area contributed by atoms with E-state index in [2.05, 4.69) is 26.0 Å². The summed E-state index contributed by atoms with van der Waals surface area (Å²) < 4.78 is 0. The number of carboxylic acid groups (broad SMARTS) is 1. The Morgan fingerprint density at radius 2 is 1.86 bits per heavy atom. The van der Waals surface area contributed by atoms with E-state index in [1.807, 2.05) is 0 Å². The first-order valence-corrected chi connectivity index (χ1v) is 9.37. The summed E-state index contributed by atoms with van der Waals surface area (Å²) in [6.45, 7) is 4.81. The van der Waals surface area contributed by atoms with Crippen molar-refractivity contribution in [3.8, 4) is 0 Å². The molecule has 0 aromatic heterocycles. The smallest absolute Gasteiger partial charge is 0.307 e. The lowest BCUT2D eigenvalue weighted by Crippen LogP contribution is -2.52. The van der Waals surface area contributed by atoms with Crippen LogP contribution in [0.2, 0.25) is 0 Å². The molecule has 7 atom stereocenters. The minimum absolute atomic E-state index is 0.0641. The van der Waals surface area contributed by atoms with Gasteiger partial charge in [-0.2, -0.15) is 0 Å². The fraction of sp³-hybridized carbons (Fsp3) is 0.850. The Hall–Kier alpha value is -0.790. The van der Waals surface area contributed by atoms with E-state index in [0.29, 0.717) is 11.3 Å². The van der Waals surface area contributed by atoms with Gasteiger partial charge < -0.3 is 5.11 Å². The van der Waals surface area contributed by atoms with Gasteiger partial charge >= 0.3 is 5.97 Å². The fourth-order valence-corrected chi connectivity index (χ4v) is 7.23. The van der Waals surface area contributed by atoms with Gasteiger partial charge in [-0.15, -0.1) is 0 Å². The van der Waals surface area contributed by atoms with Crippen molar-refractivity contribution in [1.82, 2.24) is 0 Å². The summed E-state index contributed by atoms with van der Waals surface area (Å²) >= 11 is 0. The highest BCUT2D eigenvalue weighted by atomic mass is 16.4. The van der Waals surface area contributed by atoms with Gasteiger partial charge in [-0.1, -0.05) is 26.0 Å². The Labute approximate surface area is 134 Å². The monoisotopic (exact) mass is 302 g/mol. The van der Waals surface area contributed by atoms with Crippen molar-refractivity contribution in [3.05, 3.63) is 12.2 Å². The summed E-state index contributed by atoms with van der Waals surface area (Å²) in [4.78, 5) is 11.7. The van der Waals surface area contributed by atoms with Crippen LogP contribution in [0.3, 0.4) is 0 Å². The van der Waals surface area contributed by atoms with E-state index >= 15 is 0 Å². The van der Waals surface area contributed by atoms with Gasteiger partial charge in [-0.25, -0.2) is 0 Å². The van der Waals surface area contributed by atoms with Crippen molar-refractivity contribution in [2.45, 2.75) is 65.2 Å². The first-order valence-electron chi connectivity index (χ1n) is 9.37. The number of aliphatic carboxylic acids is 1. The average molecular weight is 302 g/mol. The predicted molar refractivity (Wildman–Crippen MR) is 87.4 cm³/mol. The minimum Gasteiger partial charge on any atom is -0.481 e. The first kappa shape index (κ1) is 14.8. The molecule has 22 heavy (non-hydrogen) atoms. The SMILES string of the molecule is C[C@]12CC[C@H]3[C@@H](CCC4CCC=C[C@@]43C)[C@@H]1CC[C@@H]2C(=O)O. The predicted octanol–water partition coefficient (Wildman–Crippen LogP) is 4.90. The number of fused-ring (bicyclic) bond motifs is 5. The molecule has 122 valence electrons. The molecule has 4 rings (SSSR count). The van der Waals surface area contributed by atoms with Gasteiger partial charge in [0, 0.05) is 0 Å². The van der Waals surface area contributed by atoms with Crippen LogP contribution in [-0.2, 0) is 4.79 Å². The lowest BCUT2D eigenvalue weighted by molar-refractivity contribution is -0.150. The third-order valence-corrected chi connectivity index (χ3v) is 8.42. The van der Waals surface area contributed by atoms with Crippen molar-refractivity contribution >= 4 is 5.97 Å². The van der Waals surface area contributed by atoms with E-state index in [-0.39, 0.29) is 11.3 Å². The van der Waals surface area contributed by atoms with Crippen LogP contribution in [0.5, 0.6) is 0 Å². The molecule has 3 fully saturated rings. The van der Waals surface area contributed by atoms with E-state index in [4.69, 9.17) is 0 Å². The van der Waals surface area contributed by atoms with Crippen molar-refractivity contribution in [2.24, 2.45) is 40.4 Å². The average Bonchev–Trinajstić information content (AvgIpc) is 2.84. The molecular weight excluding hydrogens is 272 g/mol. The third kappa shape index (κ3) is 1.82. The standard InChI is InChI=1S/C20H30O2/c1-19-11-4-3-5-13(19)6-7-14-15-8-9-17(18(21)22)20(15,2)12-10-16(14)19/h4,11,13-17H,3,5-10,12H2,1-2H3,(H,21,22)/t13?,14-,15-,16-,17+,19-,20-/m0/s1. The summed E-state index contributed by atoms with van der Waals surface area (Å²) in [5.74, 6) is 2.47. The fourth-order valence-electron chi connectivity index (χ4n) is 7.23. The van der Waals surface area contributed by atoms with Crippen molar-refractivity contribution in [1.29, 1.82) is 0 Å². The van der Waals surface area contributed by atoms with Crippen LogP contribution in [0.15, 0.2) is 12.2 Å². The zero-order chi connectivity index (χ0) is 15.5. The Kier molecular flexibility index (Phi) is 3.26. The number of allylic oxidation sites excluding steroid dienone is 2. The Bertz CT molecular complexity index is 510. The quantitative estimate of drug-likeness (QED) is 0.700. The summed E-state index contributed by atoms with van der Waals surface area (Å²) in [7, 11) is 0. The van der Waals surface area contributed by atoms with Gasteiger partial charge in [0.2, 0.25) is 0 Å². The van der Waals surface area contributed by atoms with Crippen molar-refractivity contribution < 1.29 is 9.90 Å². The van der Waals surface area contributed by atoms with Crippen LogP contribution < -0.4 is 0 Å². The molecule has 0 aromatic rings. The molecule has 0 aliphatic heterocycles. The molecule has 3 saturated carbocycles. The lowest BCUT2D eigenvalue weighted by atomic mass is 9.46. The number of hydrogen-bond donors (Lipinski definition) is 1. The second-order valence-corrected chi connectivity index (χ2v) is 9.01. The zero-order valence-corrected chi connectivity index (χ0v) is 14.1. The Morgan fingerprint density at radius 3 is 2.64 bits per heavy atom.